The maximum atomic E-state index is 12.3. The monoisotopic (exact) mass is 290 g/mol. The van der Waals surface area contributed by atoms with E-state index < -0.39 is 6.04 Å². The van der Waals surface area contributed by atoms with E-state index in [9.17, 15) is 4.79 Å². The Morgan fingerprint density at radius 3 is 2.38 bits per heavy atom. The van der Waals surface area contributed by atoms with Gasteiger partial charge in [0.25, 0.3) is 0 Å². The Kier molecular flexibility index (Phi) is 6.90. The van der Waals surface area contributed by atoms with E-state index in [0.29, 0.717) is 0 Å². The summed E-state index contributed by atoms with van der Waals surface area (Å²) in [4.78, 5) is 12.3. The summed E-state index contributed by atoms with van der Waals surface area (Å²) in [5.41, 5.74) is 7.26. The number of nitrogens with one attached hydrogen (secondary N) is 1. The number of carbonyl (C=O) groups is 1. The summed E-state index contributed by atoms with van der Waals surface area (Å²) in [6.07, 6.45) is 3.69. The van der Waals surface area contributed by atoms with Crippen molar-refractivity contribution in [2.45, 2.75) is 65.5 Å². The highest BCUT2D eigenvalue weighted by Crippen LogP contribution is 2.29. The SMILES string of the molecule is CCCCC(N)C(=O)NC(CC(C)(C)C)c1ccccc1. The molecule has 0 fully saturated rings. The van der Waals surface area contributed by atoms with Gasteiger partial charge in [0.15, 0.2) is 0 Å². The smallest absolute Gasteiger partial charge is 0.237 e. The average molecular weight is 290 g/mol. The topological polar surface area (TPSA) is 55.1 Å². The number of amides is 1. The van der Waals surface area contributed by atoms with Crippen LogP contribution in [0.4, 0.5) is 0 Å². The van der Waals surface area contributed by atoms with Crippen molar-refractivity contribution in [3.63, 3.8) is 0 Å². The third-order valence-corrected chi connectivity index (χ3v) is 3.54. The van der Waals surface area contributed by atoms with Crippen molar-refractivity contribution in [1.29, 1.82) is 0 Å². The van der Waals surface area contributed by atoms with Crippen molar-refractivity contribution in [2.75, 3.05) is 0 Å². The fourth-order valence-corrected chi connectivity index (χ4v) is 2.38. The maximum Gasteiger partial charge on any atom is 0.237 e. The van der Waals surface area contributed by atoms with Crippen LogP contribution in [0, 0.1) is 5.41 Å². The third-order valence-electron chi connectivity index (χ3n) is 3.54. The molecule has 3 nitrogen and oxygen atoms in total. The van der Waals surface area contributed by atoms with Crippen LogP contribution in [0.2, 0.25) is 0 Å². The van der Waals surface area contributed by atoms with Crippen LogP contribution in [0.15, 0.2) is 30.3 Å². The first-order valence-electron chi connectivity index (χ1n) is 7.94. The molecule has 0 aliphatic carbocycles. The molecule has 0 saturated heterocycles. The molecule has 3 N–H and O–H groups in total. The van der Waals surface area contributed by atoms with Crippen molar-refractivity contribution >= 4 is 5.91 Å². The van der Waals surface area contributed by atoms with Crippen LogP contribution in [-0.2, 0) is 4.79 Å². The Labute approximate surface area is 129 Å². The minimum atomic E-state index is -0.406. The van der Waals surface area contributed by atoms with Gasteiger partial charge in [0.2, 0.25) is 5.91 Å². The van der Waals surface area contributed by atoms with Gasteiger partial charge in [-0.15, -0.1) is 0 Å². The van der Waals surface area contributed by atoms with E-state index in [2.05, 4.69) is 45.1 Å². The molecule has 2 unspecified atom stereocenters. The highest BCUT2D eigenvalue weighted by atomic mass is 16.2. The Balaban J connectivity index is 2.76. The van der Waals surface area contributed by atoms with Gasteiger partial charge >= 0.3 is 0 Å². The fraction of sp³-hybridized carbons (Fsp3) is 0.611. The lowest BCUT2D eigenvalue weighted by Gasteiger charge is -2.28. The lowest BCUT2D eigenvalue weighted by atomic mass is 9.85. The van der Waals surface area contributed by atoms with Crippen molar-refractivity contribution < 1.29 is 4.79 Å². The molecule has 1 rings (SSSR count). The quantitative estimate of drug-likeness (QED) is 0.802. The Morgan fingerprint density at radius 1 is 1.24 bits per heavy atom. The molecule has 1 aromatic carbocycles. The average Bonchev–Trinajstić information content (AvgIpc) is 2.43. The summed E-state index contributed by atoms with van der Waals surface area (Å²) in [7, 11) is 0. The number of unbranched alkanes of at least 4 members (excludes halogenated alkanes) is 1. The van der Waals surface area contributed by atoms with Crippen LogP contribution in [-0.4, -0.2) is 11.9 Å². The van der Waals surface area contributed by atoms with Crippen LogP contribution in [0.3, 0.4) is 0 Å². The molecule has 1 amide bonds. The second-order valence-corrected chi connectivity index (χ2v) is 6.99. The standard InChI is InChI=1S/C18H30N2O/c1-5-6-12-15(19)17(21)20-16(13-18(2,3)4)14-10-8-7-9-11-14/h7-11,15-16H,5-6,12-13,19H2,1-4H3,(H,20,21). The molecule has 0 aliphatic heterocycles. The van der Waals surface area contributed by atoms with Crippen molar-refractivity contribution in [2.24, 2.45) is 11.1 Å². The Morgan fingerprint density at radius 2 is 1.86 bits per heavy atom. The number of rotatable bonds is 7. The first-order valence-corrected chi connectivity index (χ1v) is 7.94. The zero-order chi connectivity index (χ0) is 15.9. The summed E-state index contributed by atoms with van der Waals surface area (Å²) in [5, 5.41) is 3.13. The number of nitrogens with two attached hydrogens (primary N) is 1. The molecule has 0 aromatic heterocycles. The molecular formula is C18H30N2O. The van der Waals surface area contributed by atoms with Crippen molar-refractivity contribution in [3.8, 4) is 0 Å². The highest BCUT2D eigenvalue weighted by Gasteiger charge is 2.23. The van der Waals surface area contributed by atoms with Crippen LogP contribution in [0.5, 0.6) is 0 Å². The van der Waals surface area contributed by atoms with Gasteiger partial charge in [0.1, 0.15) is 0 Å². The maximum absolute atomic E-state index is 12.3. The van der Waals surface area contributed by atoms with E-state index in [1.165, 1.54) is 0 Å². The second kappa shape index (κ2) is 8.18. The van der Waals surface area contributed by atoms with Gasteiger partial charge in [-0.05, 0) is 23.8 Å². The van der Waals surface area contributed by atoms with Gasteiger partial charge in [-0.25, -0.2) is 0 Å². The van der Waals surface area contributed by atoms with E-state index in [-0.39, 0.29) is 17.4 Å². The molecule has 1 aromatic rings. The summed E-state index contributed by atoms with van der Waals surface area (Å²) >= 11 is 0. The molecular weight excluding hydrogens is 260 g/mol. The van der Waals surface area contributed by atoms with Crippen LogP contribution in [0.1, 0.15) is 65.0 Å². The second-order valence-electron chi connectivity index (χ2n) is 6.99. The Hall–Kier alpha value is -1.35. The molecule has 0 spiro atoms. The molecule has 118 valence electrons. The van der Waals surface area contributed by atoms with Gasteiger partial charge in [-0.1, -0.05) is 70.9 Å². The molecule has 0 heterocycles. The molecule has 0 radical (unpaired) electrons. The molecule has 2 atom stereocenters. The minimum absolute atomic E-state index is 0.0198. The van der Waals surface area contributed by atoms with Crippen LogP contribution < -0.4 is 11.1 Å². The zero-order valence-electron chi connectivity index (χ0n) is 13.9. The highest BCUT2D eigenvalue weighted by molar-refractivity contribution is 5.81. The largest absolute Gasteiger partial charge is 0.348 e. The van der Waals surface area contributed by atoms with Gasteiger partial charge in [0, 0.05) is 0 Å². The predicted octanol–water partition coefficient (Wildman–Crippen LogP) is 3.80. The molecule has 0 bridgehead atoms. The van der Waals surface area contributed by atoms with E-state index >= 15 is 0 Å². The van der Waals surface area contributed by atoms with Gasteiger partial charge < -0.3 is 11.1 Å². The van der Waals surface area contributed by atoms with Crippen LogP contribution in [0.25, 0.3) is 0 Å². The normalized spacial score (nSPS) is 14.5. The predicted molar refractivity (Wildman–Crippen MR) is 88.9 cm³/mol. The lowest BCUT2D eigenvalue weighted by molar-refractivity contribution is -0.123. The summed E-state index contributed by atoms with van der Waals surface area (Å²) in [5.74, 6) is -0.0402. The summed E-state index contributed by atoms with van der Waals surface area (Å²) < 4.78 is 0. The van der Waals surface area contributed by atoms with E-state index in [1.54, 1.807) is 0 Å². The number of hydrogen-bond donors (Lipinski definition) is 2. The van der Waals surface area contributed by atoms with Gasteiger partial charge in [-0.3, -0.25) is 4.79 Å². The van der Waals surface area contributed by atoms with E-state index in [4.69, 9.17) is 5.73 Å². The lowest BCUT2D eigenvalue weighted by Crippen LogP contribution is -2.43. The van der Waals surface area contributed by atoms with Gasteiger partial charge in [-0.2, -0.15) is 0 Å². The van der Waals surface area contributed by atoms with E-state index in [1.807, 2.05) is 18.2 Å². The third kappa shape index (κ3) is 6.76. The summed E-state index contributed by atoms with van der Waals surface area (Å²) in [6, 6.07) is 9.75. The van der Waals surface area contributed by atoms with Gasteiger partial charge in [0.05, 0.1) is 12.1 Å². The number of benzene rings is 1. The zero-order valence-corrected chi connectivity index (χ0v) is 13.9. The van der Waals surface area contributed by atoms with E-state index in [0.717, 1.165) is 31.2 Å². The van der Waals surface area contributed by atoms with Crippen LogP contribution >= 0.6 is 0 Å². The fourth-order valence-electron chi connectivity index (χ4n) is 2.38. The molecule has 3 heteroatoms. The molecule has 0 saturated carbocycles. The molecule has 0 aliphatic rings. The minimum Gasteiger partial charge on any atom is -0.348 e. The van der Waals surface area contributed by atoms with Crippen molar-refractivity contribution in [1.82, 2.24) is 5.32 Å². The first kappa shape index (κ1) is 17.7. The first-order chi connectivity index (χ1) is 9.83. The number of hydrogen-bond acceptors (Lipinski definition) is 2. The summed E-state index contributed by atoms with van der Waals surface area (Å²) in [6.45, 7) is 8.67. The number of carbonyl (C=O) groups excluding carboxylic acids is 1. The Bertz CT molecular complexity index is 423. The van der Waals surface area contributed by atoms with Crippen molar-refractivity contribution in [3.05, 3.63) is 35.9 Å². The molecule has 21 heavy (non-hydrogen) atoms.